The summed E-state index contributed by atoms with van der Waals surface area (Å²) in [6.07, 6.45) is 5.18. The van der Waals surface area contributed by atoms with Crippen molar-refractivity contribution in [3.63, 3.8) is 0 Å². The van der Waals surface area contributed by atoms with Gasteiger partial charge in [0.05, 0.1) is 12.7 Å². The maximum absolute atomic E-state index is 11.6. The Morgan fingerprint density at radius 2 is 1.55 bits per heavy atom. The number of rotatable bonds is 3. The van der Waals surface area contributed by atoms with Gasteiger partial charge >= 0.3 is 5.97 Å². The summed E-state index contributed by atoms with van der Waals surface area (Å²) in [6.45, 7) is 0. The van der Waals surface area contributed by atoms with Gasteiger partial charge in [-0.2, -0.15) is 4.99 Å². The number of carbonyl (C=O) groups excluding carboxylic acids is 1. The predicted molar refractivity (Wildman–Crippen MR) is 115 cm³/mol. The molecule has 7 nitrogen and oxygen atoms in total. The molecule has 1 fully saturated rings. The van der Waals surface area contributed by atoms with Crippen molar-refractivity contribution in [1.29, 1.82) is 0 Å². The molecule has 150 valence electrons. The molecule has 1 aliphatic heterocycles. The molecule has 4 N–H and O–H groups in total. The molecule has 2 aromatic rings. The Labute approximate surface area is 170 Å². The number of hydrogen-bond acceptors (Lipinski definition) is 7. The van der Waals surface area contributed by atoms with Gasteiger partial charge in [-0.3, -0.25) is 4.90 Å². The zero-order chi connectivity index (χ0) is 20.4. The number of carbonyl (C=O) groups is 1. The van der Waals surface area contributed by atoms with E-state index < -0.39 is 5.66 Å². The molecule has 0 atom stereocenters. The number of hydrogen-bond donors (Lipinski definition) is 2. The molecule has 1 saturated carbocycles. The first-order chi connectivity index (χ1) is 14.0. The number of methoxy groups -OCH3 is 1. The molecule has 1 aliphatic carbocycles. The third kappa shape index (κ3) is 3.55. The van der Waals surface area contributed by atoms with E-state index in [1.807, 2.05) is 41.3 Å². The van der Waals surface area contributed by atoms with Crippen molar-refractivity contribution < 1.29 is 9.53 Å². The minimum atomic E-state index is -0.447. The van der Waals surface area contributed by atoms with Gasteiger partial charge in [-0.15, -0.1) is 0 Å². The SMILES string of the molecule is COC(=O)c1ccc(-c2ccc(N3C(N)=NC(N)=NC34CCCCC4)cc2)cc1. The van der Waals surface area contributed by atoms with Crippen molar-refractivity contribution in [3.8, 4) is 11.1 Å². The highest BCUT2D eigenvalue weighted by molar-refractivity contribution is 6.05. The maximum atomic E-state index is 11.6. The quantitative estimate of drug-likeness (QED) is 0.781. The summed E-state index contributed by atoms with van der Waals surface area (Å²) in [5, 5.41) is 0. The highest BCUT2D eigenvalue weighted by atomic mass is 16.5. The molecule has 0 radical (unpaired) electrons. The first-order valence-corrected chi connectivity index (χ1v) is 9.81. The molecule has 7 heteroatoms. The lowest BCUT2D eigenvalue weighted by Gasteiger charge is -2.45. The van der Waals surface area contributed by atoms with Gasteiger partial charge in [-0.05, 0) is 61.1 Å². The average molecular weight is 391 g/mol. The Bertz CT molecular complexity index is 958. The lowest BCUT2D eigenvalue weighted by atomic mass is 9.87. The second-order valence-electron chi connectivity index (χ2n) is 7.43. The Kier molecular flexibility index (Phi) is 4.96. The summed E-state index contributed by atoms with van der Waals surface area (Å²) in [7, 11) is 1.38. The normalized spacial score (nSPS) is 18.2. The maximum Gasteiger partial charge on any atom is 0.337 e. The smallest absolute Gasteiger partial charge is 0.337 e. The van der Waals surface area contributed by atoms with Crippen LogP contribution in [0.5, 0.6) is 0 Å². The van der Waals surface area contributed by atoms with Gasteiger partial charge in [-0.25, -0.2) is 9.79 Å². The van der Waals surface area contributed by atoms with E-state index in [9.17, 15) is 4.79 Å². The minimum absolute atomic E-state index is 0.253. The highest BCUT2D eigenvalue weighted by Gasteiger charge is 2.42. The number of benzene rings is 2. The van der Waals surface area contributed by atoms with Gasteiger partial charge in [0.15, 0.2) is 0 Å². The molecule has 2 aromatic carbocycles. The summed E-state index contributed by atoms with van der Waals surface area (Å²) in [6, 6.07) is 15.5. The fraction of sp³-hybridized carbons (Fsp3) is 0.318. The van der Waals surface area contributed by atoms with Gasteiger partial charge in [0.2, 0.25) is 11.9 Å². The zero-order valence-corrected chi connectivity index (χ0v) is 16.5. The monoisotopic (exact) mass is 391 g/mol. The van der Waals surface area contributed by atoms with Crippen LogP contribution < -0.4 is 16.4 Å². The van der Waals surface area contributed by atoms with Crippen molar-refractivity contribution in [2.24, 2.45) is 21.5 Å². The summed E-state index contributed by atoms with van der Waals surface area (Å²) >= 11 is 0. The summed E-state index contributed by atoms with van der Waals surface area (Å²) in [5.74, 6) is 0.293. The fourth-order valence-electron chi connectivity index (χ4n) is 4.21. The molecular formula is C22H25N5O2. The molecule has 0 bridgehead atoms. The van der Waals surface area contributed by atoms with Crippen LogP contribution >= 0.6 is 0 Å². The van der Waals surface area contributed by atoms with Gasteiger partial charge in [-0.1, -0.05) is 30.7 Å². The Hall–Kier alpha value is -3.35. The lowest BCUT2D eigenvalue weighted by molar-refractivity contribution is 0.0601. The number of nitrogens with zero attached hydrogens (tertiary/aromatic N) is 3. The third-order valence-corrected chi connectivity index (χ3v) is 5.62. The topological polar surface area (TPSA) is 106 Å². The van der Waals surface area contributed by atoms with Crippen molar-refractivity contribution in [2.75, 3.05) is 12.0 Å². The number of anilines is 1. The van der Waals surface area contributed by atoms with Crippen LogP contribution in [0.3, 0.4) is 0 Å². The van der Waals surface area contributed by atoms with E-state index in [2.05, 4.69) is 4.99 Å². The molecular weight excluding hydrogens is 366 g/mol. The summed E-state index contributed by atoms with van der Waals surface area (Å²) in [5.41, 5.74) is 15.3. The van der Waals surface area contributed by atoms with Crippen LogP contribution in [0.25, 0.3) is 11.1 Å². The van der Waals surface area contributed by atoms with Gasteiger partial charge in [0.25, 0.3) is 0 Å². The van der Waals surface area contributed by atoms with Gasteiger partial charge < -0.3 is 16.2 Å². The molecule has 29 heavy (non-hydrogen) atoms. The van der Waals surface area contributed by atoms with E-state index in [1.165, 1.54) is 13.5 Å². The van der Waals surface area contributed by atoms with E-state index in [4.69, 9.17) is 21.2 Å². The van der Waals surface area contributed by atoms with E-state index >= 15 is 0 Å². The number of aliphatic imine (C=N–C) groups is 2. The van der Waals surface area contributed by atoms with Crippen LogP contribution in [0, 0.1) is 0 Å². The minimum Gasteiger partial charge on any atom is -0.465 e. The second-order valence-corrected chi connectivity index (χ2v) is 7.43. The van der Waals surface area contributed by atoms with Crippen LogP contribution in [-0.4, -0.2) is 30.7 Å². The molecule has 0 aromatic heterocycles. The number of esters is 1. The average Bonchev–Trinajstić information content (AvgIpc) is 2.74. The summed E-state index contributed by atoms with van der Waals surface area (Å²) in [4.78, 5) is 22.5. The van der Waals surface area contributed by atoms with Crippen molar-refractivity contribution in [1.82, 2.24) is 0 Å². The van der Waals surface area contributed by atoms with Crippen molar-refractivity contribution >= 4 is 23.6 Å². The fourth-order valence-corrected chi connectivity index (χ4v) is 4.21. The number of guanidine groups is 2. The third-order valence-electron chi connectivity index (χ3n) is 5.62. The van der Waals surface area contributed by atoms with Crippen LogP contribution in [-0.2, 0) is 4.74 Å². The molecule has 1 spiro atoms. The summed E-state index contributed by atoms with van der Waals surface area (Å²) < 4.78 is 4.75. The molecule has 0 saturated heterocycles. The molecule has 0 unspecified atom stereocenters. The van der Waals surface area contributed by atoms with Crippen LogP contribution in [0.4, 0.5) is 5.69 Å². The van der Waals surface area contributed by atoms with Crippen LogP contribution in [0.15, 0.2) is 58.5 Å². The molecule has 1 heterocycles. The first kappa shape index (κ1) is 19.0. The molecule has 2 aliphatic rings. The Morgan fingerprint density at radius 3 is 2.14 bits per heavy atom. The Morgan fingerprint density at radius 1 is 0.966 bits per heavy atom. The van der Waals surface area contributed by atoms with Crippen molar-refractivity contribution in [2.45, 2.75) is 37.8 Å². The van der Waals surface area contributed by atoms with E-state index in [-0.39, 0.29) is 11.9 Å². The van der Waals surface area contributed by atoms with E-state index in [1.54, 1.807) is 12.1 Å². The van der Waals surface area contributed by atoms with Crippen LogP contribution in [0.2, 0.25) is 0 Å². The predicted octanol–water partition coefficient (Wildman–Crippen LogP) is 3.25. The molecule has 0 amide bonds. The highest BCUT2D eigenvalue weighted by Crippen LogP contribution is 2.39. The van der Waals surface area contributed by atoms with E-state index in [0.29, 0.717) is 11.5 Å². The lowest BCUT2D eigenvalue weighted by Crippen LogP contribution is -2.58. The standard InChI is InChI=1S/C22H25N5O2/c1-29-19(28)17-7-5-15(6-8-17)16-9-11-18(12-10-16)27-21(24)25-20(23)26-22(27)13-3-2-4-14-22/h5-12H,2-4,13-14H2,1H3,(H4,23,24,25,26). The zero-order valence-electron chi connectivity index (χ0n) is 16.5. The van der Waals surface area contributed by atoms with E-state index in [0.717, 1.165) is 42.5 Å². The first-order valence-electron chi connectivity index (χ1n) is 9.81. The Balaban J connectivity index is 1.63. The number of nitrogens with two attached hydrogens (primary N) is 2. The van der Waals surface area contributed by atoms with Gasteiger partial charge in [0.1, 0.15) is 5.66 Å². The second kappa shape index (κ2) is 7.58. The number of ether oxygens (including phenoxy) is 1. The van der Waals surface area contributed by atoms with Gasteiger partial charge in [0, 0.05) is 5.69 Å². The van der Waals surface area contributed by atoms with Crippen molar-refractivity contribution in [3.05, 3.63) is 54.1 Å². The largest absolute Gasteiger partial charge is 0.465 e. The molecule has 4 rings (SSSR count). The van der Waals surface area contributed by atoms with Crippen LogP contribution in [0.1, 0.15) is 42.5 Å².